The molecule has 5 unspecified atom stereocenters. The molecule has 2 saturated heterocycles. The van der Waals surface area contributed by atoms with Crippen molar-refractivity contribution in [3.8, 4) is 0 Å². The minimum atomic E-state index is -0.471. The number of amides is 1. The first kappa shape index (κ1) is 18.7. The number of nitrogens with one attached hydrogen (secondary N) is 1. The molecule has 3 aliphatic rings. The number of aliphatic hydroxyl groups is 1. The number of hydrogen-bond donors (Lipinski definition) is 3. The Morgan fingerprint density at radius 3 is 2.46 bits per heavy atom. The van der Waals surface area contributed by atoms with Gasteiger partial charge < -0.3 is 21.1 Å². The summed E-state index contributed by atoms with van der Waals surface area (Å²) in [7, 11) is 0. The van der Waals surface area contributed by atoms with Gasteiger partial charge in [0.05, 0.1) is 22.8 Å². The Hall–Kier alpha value is -0.0700. The van der Waals surface area contributed by atoms with Crippen molar-refractivity contribution in [1.82, 2.24) is 10.2 Å². The summed E-state index contributed by atoms with van der Waals surface area (Å²) in [5, 5.41) is 13.3. The summed E-state index contributed by atoms with van der Waals surface area (Å²) in [6, 6.07) is -0.0733. The molecule has 0 aromatic carbocycles. The van der Waals surface area contributed by atoms with Crippen molar-refractivity contribution < 1.29 is 9.90 Å². The zero-order valence-electron chi connectivity index (χ0n) is 14.0. The molecule has 3 fully saturated rings. The summed E-state index contributed by atoms with van der Waals surface area (Å²) < 4.78 is 0. The third-order valence-electron chi connectivity index (χ3n) is 6.15. The number of carbonyl (C=O) groups is 1. The molecule has 0 spiro atoms. The topological polar surface area (TPSA) is 78.6 Å². The maximum absolute atomic E-state index is 12.5. The first-order valence-corrected chi connectivity index (χ1v) is 10.1. The number of nitrogens with zero attached hydrogens (tertiary/aromatic N) is 1. The summed E-state index contributed by atoms with van der Waals surface area (Å²) in [6.07, 6.45) is 3.48. The molecule has 1 saturated carbocycles. The fraction of sp³-hybridized carbons (Fsp3) is 0.941. The molecule has 7 heteroatoms. The Labute approximate surface area is 154 Å². The van der Waals surface area contributed by atoms with Crippen LogP contribution in [0.25, 0.3) is 0 Å². The van der Waals surface area contributed by atoms with Crippen LogP contribution in [0, 0.1) is 17.8 Å². The van der Waals surface area contributed by atoms with Crippen molar-refractivity contribution in [2.75, 3.05) is 26.2 Å². The van der Waals surface area contributed by atoms with Gasteiger partial charge in [0.2, 0.25) is 5.91 Å². The molecule has 0 aromatic heterocycles. The second-order valence-electron chi connectivity index (χ2n) is 7.66. The summed E-state index contributed by atoms with van der Waals surface area (Å²) in [5.41, 5.74) is 6.49. The normalized spacial score (nSPS) is 39.8. The van der Waals surface area contributed by atoms with Gasteiger partial charge in [-0.05, 0) is 44.6 Å². The van der Waals surface area contributed by atoms with E-state index in [0.29, 0.717) is 18.8 Å². The van der Waals surface area contributed by atoms with Crippen LogP contribution in [0.3, 0.4) is 0 Å². The molecule has 4 N–H and O–H groups in total. The number of hydrogen-bond acceptors (Lipinski definition) is 4. The van der Waals surface area contributed by atoms with Gasteiger partial charge in [-0.15, -0.1) is 23.2 Å². The van der Waals surface area contributed by atoms with Gasteiger partial charge in [-0.2, -0.15) is 0 Å². The molecule has 0 aromatic rings. The fourth-order valence-electron chi connectivity index (χ4n) is 4.51. The van der Waals surface area contributed by atoms with Crippen molar-refractivity contribution in [2.45, 2.75) is 55.0 Å². The van der Waals surface area contributed by atoms with E-state index >= 15 is 0 Å². The highest BCUT2D eigenvalue weighted by Crippen LogP contribution is 2.37. The van der Waals surface area contributed by atoms with Crippen LogP contribution in [-0.2, 0) is 4.79 Å². The molecule has 0 radical (unpaired) electrons. The SMILES string of the molecule is NC(C1CCN(C(=O)[C@@H]2CCNC2)CC1)C1CC(Cl)C(Cl)CC1O. The van der Waals surface area contributed by atoms with E-state index in [0.717, 1.165) is 45.4 Å². The van der Waals surface area contributed by atoms with E-state index in [1.165, 1.54) is 0 Å². The van der Waals surface area contributed by atoms with Crippen molar-refractivity contribution in [2.24, 2.45) is 23.5 Å². The van der Waals surface area contributed by atoms with Crippen molar-refractivity contribution in [1.29, 1.82) is 0 Å². The summed E-state index contributed by atoms with van der Waals surface area (Å²) in [6.45, 7) is 3.31. The number of rotatable bonds is 3. The van der Waals surface area contributed by atoms with Gasteiger partial charge in [0.1, 0.15) is 0 Å². The van der Waals surface area contributed by atoms with E-state index in [1.807, 2.05) is 4.90 Å². The van der Waals surface area contributed by atoms with Crippen LogP contribution < -0.4 is 11.1 Å². The molecular formula is C17H29Cl2N3O2. The van der Waals surface area contributed by atoms with Crippen LogP contribution in [0.15, 0.2) is 0 Å². The lowest BCUT2D eigenvalue weighted by Crippen LogP contribution is -2.52. The maximum atomic E-state index is 12.5. The number of likely N-dealkylation sites (tertiary alicyclic amines) is 1. The maximum Gasteiger partial charge on any atom is 0.227 e. The average Bonchev–Trinajstić information content (AvgIpc) is 3.11. The second-order valence-corrected chi connectivity index (χ2v) is 8.79. The predicted octanol–water partition coefficient (Wildman–Crippen LogP) is 1.15. The lowest BCUT2D eigenvalue weighted by molar-refractivity contribution is -0.136. The first-order valence-electron chi connectivity index (χ1n) is 9.18. The van der Waals surface area contributed by atoms with E-state index in [-0.39, 0.29) is 34.5 Å². The monoisotopic (exact) mass is 377 g/mol. The predicted molar refractivity (Wildman–Crippen MR) is 96.3 cm³/mol. The first-order chi connectivity index (χ1) is 11.5. The number of nitrogens with two attached hydrogens (primary N) is 1. The molecule has 2 heterocycles. The lowest BCUT2D eigenvalue weighted by atomic mass is 9.74. The summed E-state index contributed by atoms with van der Waals surface area (Å²) in [5.74, 6) is 0.781. The Bertz CT molecular complexity index is 440. The van der Waals surface area contributed by atoms with Crippen molar-refractivity contribution in [3.63, 3.8) is 0 Å². The van der Waals surface area contributed by atoms with Gasteiger partial charge in [-0.25, -0.2) is 0 Å². The van der Waals surface area contributed by atoms with Crippen LogP contribution >= 0.6 is 23.2 Å². The molecule has 2 aliphatic heterocycles. The molecule has 1 aliphatic carbocycles. The number of carbonyl (C=O) groups excluding carboxylic acids is 1. The highest BCUT2D eigenvalue weighted by atomic mass is 35.5. The number of aliphatic hydroxyl groups excluding tert-OH is 1. The van der Waals surface area contributed by atoms with E-state index in [2.05, 4.69) is 5.32 Å². The van der Waals surface area contributed by atoms with Gasteiger partial charge in [0, 0.05) is 31.6 Å². The van der Waals surface area contributed by atoms with Crippen LogP contribution in [0.4, 0.5) is 0 Å². The quantitative estimate of drug-likeness (QED) is 0.644. The van der Waals surface area contributed by atoms with Gasteiger partial charge in [-0.3, -0.25) is 4.79 Å². The largest absolute Gasteiger partial charge is 0.393 e. The van der Waals surface area contributed by atoms with Crippen LogP contribution in [0.5, 0.6) is 0 Å². The molecule has 3 rings (SSSR count). The Morgan fingerprint density at radius 2 is 1.83 bits per heavy atom. The molecule has 1 amide bonds. The molecular weight excluding hydrogens is 349 g/mol. The Kier molecular flexibility index (Phi) is 6.30. The van der Waals surface area contributed by atoms with Crippen LogP contribution in [0.2, 0.25) is 0 Å². The van der Waals surface area contributed by atoms with Gasteiger partial charge >= 0.3 is 0 Å². The summed E-state index contributed by atoms with van der Waals surface area (Å²) >= 11 is 12.4. The highest BCUT2D eigenvalue weighted by molar-refractivity contribution is 6.30. The van der Waals surface area contributed by atoms with Gasteiger partial charge in [-0.1, -0.05) is 0 Å². The number of piperidine rings is 1. The van der Waals surface area contributed by atoms with Gasteiger partial charge in [0.25, 0.3) is 0 Å². The van der Waals surface area contributed by atoms with E-state index < -0.39 is 6.10 Å². The smallest absolute Gasteiger partial charge is 0.227 e. The molecule has 138 valence electrons. The number of halogens is 2. The van der Waals surface area contributed by atoms with Crippen molar-refractivity contribution >= 4 is 29.1 Å². The summed E-state index contributed by atoms with van der Waals surface area (Å²) in [4.78, 5) is 14.5. The van der Waals surface area contributed by atoms with E-state index in [1.54, 1.807) is 0 Å². The lowest BCUT2D eigenvalue weighted by Gasteiger charge is -2.42. The fourth-order valence-corrected chi connectivity index (χ4v) is 5.10. The van der Waals surface area contributed by atoms with E-state index in [9.17, 15) is 9.90 Å². The van der Waals surface area contributed by atoms with Crippen molar-refractivity contribution in [3.05, 3.63) is 0 Å². The standard InChI is InChI=1S/C17H29Cl2N3O2/c18-13-7-12(15(23)8-14(13)19)16(20)10-2-5-22(6-3-10)17(24)11-1-4-21-9-11/h10-16,21,23H,1-9,20H2/t11-,12?,13?,14?,15?,16?/m1/s1. The second kappa shape index (κ2) is 8.09. The Balaban J connectivity index is 1.51. The molecule has 24 heavy (non-hydrogen) atoms. The van der Waals surface area contributed by atoms with Gasteiger partial charge in [0.15, 0.2) is 0 Å². The zero-order valence-corrected chi connectivity index (χ0v) is 15.6. The molecule has 5 nitrogen and oxygen atoms in total. The average molecular weight is 378 g/mol. The molecule has 0 bridgehead atoms. The minimum absolute atomic E-state index is 0.00813. The van der Waals surface area contributed by atoms with Crippen LogP contribution in [0.1, 0.15) is 32.1 Å². The van der Waals surface area contributed by atoms with Crippen LogP contribution in [-0.4, -0.2) is 65.0 Å². The third-order valence-corrected chi connectivity index (χ3v) is 7.24. The number of alkyl halides is 2. The van der Waals surface area contributed by atoms with E-state index in [4.69, 9.17) is 28.9 Å². The zero-order chi connectivity index (χ0) is 17.3. The third kappa shape index (κ3) is 4.01. The highest BCUT2D eigenvalue weighted by Gasteiger charge is 2.41. The molecule has 6 atom stereocenters. The minimum Gasteiger partial charge on any atom is -0.393 e. The Morgan fingerprint density at radius 1 is 1.17 bits per heavy atom.